The second-order valence-electron chi connectivity index (χ2n) is 15.4. The lowest BCUT2D eigenvalue weighted by atomic mass is 9.83. The van der Waals surface area contributed by atoms with Gasteiger partial charge in [-0.2, -0.15) is 5.26 Å². The van der Waals surface area contributed by atoms with Crippen LogP contribution in [0.1, 0.15) is 16.7 Å². The molecule has 0 fully saturated rings. The molecule has 0 aliphatic rings. The standard InChI is InChI=1S/C54H30N2/c1-29-18-20-31(28-55)22-41(29)51-46-26-43-39-16-8-14-37-35-12-6-4-10-32(35)23-45(49(37)39)44(43)27-47(46)52(42-25-34(56-3)21-19-30(42)2)53-40-17-9-15-38-36-13-7-5-11-33(36)24-48(50(38)40)54(51)53/h4-27H,1-2H3. The van der Waals surface area contributed by atoms with E-state index in [-0.39, 0.29) is 0 Å². The minimum atomic E-state index is 0.624. The summed E-state index contributed by atoms with van der Waals surface area (Å²) in [6, 6.07) is 55.2. The van der Waals surface area contributed by atoms with Crippen molar-refractivity contribution in [3.05, 3.63) is 174 Å². The summed E-state index contributed by atoms with van der Waals surface area (Å²) < 4.78 is 0. The monoisotopic (exact) mass is 706 g/mol. The van der Waals surface area contributed by atoms with Gasteiger partial charge in [-0.3, -0.25) is 0 Å². The highest BCUT2D eigenvalue weighted by atomic mass is 14.6. The van der Waals surface area contributed by atoms with Crippen molar-refractivity contribution in [2.75, 3.05) is 0 Å². The van der Waals surface area contributed by atoms with Crippen LogP contribution in [-0.2, 0) is 0 Å². The van der Waals surface area contributed by atoms with E-state index in [1.807, 2.05) is 12.1 Å². The lowest BCUT2D eigenvalue weighted by Gasteiger charge is -2.20. The molecule has 56 heavy (non-hydrogen) atoms. The fourth-order valence-electron chi connectivity index (χ4n) is 10.2. The molecule has 0 unspecified atom stereocenters. The molecule has 0 aliphatic heterocycles. The number of fused-ring (bicyclic) bond motifs is 11. The molecule has 0 heterocycles. The Labute approximate surface area is 322 Å². The summed E-state index contributed by atoms with van der Waals surface area (Å²) >= 11 is 0. The van der Waals surface area contributed by atoms with Gasteiger partial charge in [0.25, 0.3) is 0 Å². The number of hydrogen-bond acceptors (Lipinski definition) is 1. The van der Waals surface area contributed by atoms with E-state index < -0.39 is 0 Å². The number of nitriles is 1. The van der Waals surface area contributed by atoms with Gasteiger partial charge in [-0.1, -0.05) is 103 Å². The third-order valence-electron chi connectivity index (χ3n) is 12.6. The van der Waals surface area contributed by atoms with E-state index in [1.54, 1.807) is 0 Å². The van der Waals surface area contributed by atoms with E-state index in [0.717, 1.165) is 44.2 Å². The molecule has 0 saturated carbocycles. The maximum absolute atomic E-state index is 10.3. The minimum absolute atomic E-state index is 0.624. The van der Waals surface area contributed by atoms with Crippen molar-refractivity contribution in [1.82, 2.24) is 0 Å². The van der Waals surface area contributed by atoms with Crippen molar-refractivity contribution < 1.29 is 0 Å². The second kappa shape index (κ2) is 11.0. The Balaban J connectivity index is 1.43. The number of rotatable bonds is 2. The molecule has 256 valence electrons. The third-order valence-corrected chi connectivity index (χ3v) is 12.6. The van der Waals surface area contributed by atoms with Crippen LogP contribution in [0.4, 0.5) is 5.69 Å². The summed E-state index contributed by atoms with van der Waals surface area (Å²) in [5.74, 6) is 0. The normalized spacial score (nSPS) is 12.1. The average molecular weight is 707 g/mol. The largest absolute Gasteiger partial charge is 0.238 e. The van der Waals surface area contributed by atoms with Gasteiger partial charge in [-0.15, -0.1) is 0 Å². The summed E-state index contributed by atoms with van der Waals surface area (Å²) in [6.07, 6.45) is 0. The van der Waals surface area contributed by atoms with Gasteiger partial charge in [0.1, 0.15) is 0 Å². The lowest BCUT2D eigenvalue weighted by Crippen LogP contribution is -1.93. The first-order chi connectivity index (χ1) is 27.5. The summed E-state index contributed by atoms with van der Waals surface area (Å²) in [5, 5.41) is 32.3. The van der Waals surface area contributed by atoms with Gasteiger partial charge >= 0.3 is 0 Å². The Hall–Kier alpha value is -7.52. The minimum Gasteiger partial charge on any atom is -0.238 e. The summed E-state index contributed by atoms with van der Waals surface area (Å²) in [6.45, 7) is 12.4. The molecule has 0 atom stereocenters. The molecule has 0 aromatic heterocycles. The Kier molecular flexibility index (Phi) is 6.08. The van der Waals surface area contributed by atoms with Crippen molar-refractivity contribution in [2.45, 2.75) is 13.8 Å². The van der Waals surface area contributed by atoms with E-state index in [0.29, 0.717) is 11.3 Å². The second-order valence-corrected chi connectivity index (χ2v) is 15.4. The molecular weight excluding hydrogens is 677 g/mol. The zero-order valence-electron chi connectivity index (χ0n) is 30.8. The molecule has 0 amide bonds. The van der Waals surface area contributed by atoms with E-state index in [9.17, 15) is 5.26 Å². The molecule has 0 aliphatic carbocycles. The SMILES string of the molecule is [C-]#[N+]c1ccc(C)c(-c2c3cc4c(cc3c(-c3cc(C#N)ccc3C)c3c5cc6ccccc6c6cccc(c23)c65)c2cccc3c5ccccc5cc4c32)c1. The number of aryl methyl sites for hydroxylation is 2. The fourth-order valence-corrected chi connectivity index (χ4v) is 10.2. The quantitative estimate of drug-likeness (QED) is 0.130. The predicted molar refractivity (Wildman–Crippen MR) is 238 cm³/mol. The highest BCUT2D eigenvalue weighted by Crippen LogP contribution is 2.55. The molecule has 0 spiro atoms. The van der Waals surface area contributed by atoms with Crippen LogP contribution in [0, 0.1) is 31.8 Å². The van der Waals surface area contributed by atoms with Gasteiger partial charge in [-0.05, 0) is 187 Å². The zero-order valence-corrected chi connectivity index (χ0v) is 30.8. The van der Waals surface area contributed by atoms with Crippen LogP contribution < -0.4 is 0 Å². The molecule has 2 nitrogen and oxygen atoms in total. The smallest absolute Gasteiger partial charge is 0.187 e. The molecule has 0 N–H and O–H groups in total. The Morgan fingerprint density at radius 1 is 0.411 bits per heavy atom. The molecule has 12 aromatic carbocycles. The molecule has 2 heteroatoms. The van der Waals surface area contributed by atoms with Crippen LogP contribution in [0.15, 0.2) is 146 Å². The first-order valence-corrected chi connectivity index (χ1v) is 19.1. The topological polar surface area (TPSA) is 28.1 Å². The van der Waals surface area contributed by atoms with Crippen LogP contribution in [0.2, 0.25) is 0 Å². The number of nitrogens with zero attached hydrogens (tertiary/aromatic N) is 2. The third kappa shape index (κ3) is 3.93. The maximum atomic E-state index is 10.3. The van der Waals surface area contributed by atoms with Gasteiger partial charge in [0.15, 0.2) is 5.69 Å². The van der Waals surface area contributed by atoms with Gasteiger partial charge in [0.05, 0.1) is 18.2 Å². The molecule has 0 bridgehead atoms. The summed E-state index contributed by atoms with van der Waals surface area (Å²) in [5.41, 5.74) is 7.95. The average Bonchev–Trinajstić information content (AvgIpc) is 3.73. The lowest BCUT2D eigenvalue weighted by molar-refractivity contribution is 1.43. The maximum Gasteiger partial charge on any atom is 0.187 e. The van der Waals surface area contributed by atoms with Crippen LogP contribution in [-0.4, -0.2) is 0 Å². The van der Waals surface area contributed by atoms with E-state index in [4.69, 9.17) is 6.57 Å². The number of hydrogen-bond donors (Lipinski definition) is 0. The van der Waals surface area contributed by atoms with Gasteiger partial charge in [0.2, 0.25) is 0 Å². The Bertz CT molecular complexity index is 3800. The first kappa shape index (κ1) is 30.9. The Morgan fingerprint density at radius 3 is 1.55 bits per heavy atom. The van der Waals surface area contributed by atoms with Crippen LogP contribution >= 0.6 is 0 Å². The van der Waals surface area contributed by atoms with Crippen LogP contribution in [0.3, 0.4) is 0 Å². The molecule has 12 aromatic rings. The van der Waals surface area contributed by atoms with Crippen molar-refractivity contribution in [3.63, 3.8) is 0 Å². The fraction of sp³-hybridized carbons (Fsp3) is 0.0370. The van der Waals surface area contributed by atoms with Gasteiger partial charge in [-0.25, -0.2) is 4.85 Å². The van der Waals surface area contributed by atoms with Gasteiger partial charge < -0.3 is 0 Å². The summed E-state index contributed by atoms with van der Waals surface area (Å²) in [7, 11) is 0. The molecule has 0 radical (unpaired) electrons. The van der Waals surface area contributed by atoms with Crippen molar-refractivity contribution >= 4 is 103 Å². The van der Waals surface area contributed by atoms with Crippen molar-refractivity contribution in [2.24, 2.45) is 0 Å². The highest BCUT2D eigenvalue weighted by Gasteiger charge is 2.27. The van der Waals surface area contributed by atoms with Crippen molar-refractivity contribution in [3.8, 4) is 28.3 Å². The van der Waals surface area contributed by atoms with Crippen LogP contribution in [0.5, 0.6) is 0 Å². The Morgan fingerprint density at radius 2 is 0.911 bits per heavy atom. The summed E-state index contributed by atoms with van der Waals surface area (Å²) in [4.78, 5) is 3.94. The highest BCUT2D eigenvalue weighted by molar-refractivity contribution is 6.44. The van der Waals surface area contributed by atoms with E-state index in [2.05, 4.69) is 158 Å². The van der Waals surface area contributed by atoms with Crippen molar-refractivity contribution in [1.29, 1.82) is 5.26 Å². The van der Waals surface area contributed by atoms with Crippen LogP contribution in [0.25, 0.3) is 124 Å². The number of benzene rings is 10. The molecule has 12 rings (SSSR count). The first-order valence-electron chi connectivity index (χ1n) is 19.1. The molecular formula is C54H30N2. The zero-order chi connectivity index (χ0) is 37.4. The van der Waals surface area contributed by atoms with Gasteiger partial charge in [0, 0.05) is 0 Å². The predicted octanol–water partition coefficient (Wildman–Crippen LogP) is 15.3. The molecule has 0 saturated heterocycles. The van der Waals surface area contributed by atoms with E-state index in [1.165, 1.54) is 86.2 Å². The van der Waals surface area contributed by atoms with E-state index >= 15 is 0 Å².